The molecule has 0 fully saturated rings. The maximum absolute atomic E-state index is 12.0. The number of aromatic carboxylic acids is 1. The van der Waals surface area contributed by atoms with E-state index in [4.69, 9.17) is 10.3 Å². The Morgan fingerprint density at radius 2 is 1.74 bits per heavy atom. The first-order chi connectivity index (χ1) is 10.5. The Morgan fingerprint density at radius 1 is 1.17 bits per heavy atom. The Bertz CT molecular complexity index is 684. The van der Waals surface area contributed by atoms with Crippen LogP contribution in [0, 0.1) is 20.8 Å². The van der Waals surface area contributed by atoms with Gasteiger partial charge in [-0.2, -0.15) is 0 Å². The van der Waals surface area contributed by atoms with Crippen LogP contribution in [0.3, 0.4) is 0 Å². The Labute approximate surface area is 134 Å². The number of carboxylic acid groups (broad SMARTS) is 1. The SMILES string of the molecule is Cc1c(N=[N+]=[N-])c(C)c(C(=O)O)c(C)c1NC(=O)OC(C)(C)C. The molecular weight excluding hydrogens is 300 g/mol. The molecule has 1 aromatic rings. The second kappa shape index (κ2) is 6.58. The number of ether oxygens (including phenoxy) is 1. The van der Waals surface area contributed by atoms with Crippen LogP contribution < -0.4 is 5.32 Å². The number of anilines is 1. The van der Waals surface area contributed by atoms with Gasteiger partial charge in [0.1, 0.15) is 5.60 Å². The van der Waals surface area contributed by atoms with Crippen molar-refractivity contribution in [3.8, 4) is 0 Å². The molecule has 124 valence electrons. The minimum absolute atomic E-state index is 0.0101. The molecule has 23 heavy (non-hydrogen) atoms. The van der Waals surface area contributed by atoms with Crippen LogP contribution >= 0.6 is 0 Å². The number of amides is 1. The van der Waals surface area contributed by atoms with Gasteiger partial charge in [-0.25, -0.2) is 9.59 Å². The van der Waals surface area contributed by atoms with E-state index in [1.165, 1.54) is 0 Å². The molecule has 8 nitrogen and oxygen atoms in total. The Hall–Kier alpha value is -2.73. The molecule has 0 aromatic heterocycles. The van der Waals surface area contributed by atoms with Crippen LogP contribution in [0.1, 0.15) is 47.8 Å². The summed E-state index contributed by atoms with van der Waals surface area (Å²) in [5.41, 5.74) is 9.64. The number of nitrogens with one attached hydrogen (secondary N) is 1. The average molecular weight is 320 g/mol. The number of carbonyl (C=O) groups excluding carboxylic acids is 1. The monoisotopic (exact) mass is 320 g/mol. The molecule has 0 atom stereocenters. The van der Waals surface area contributed by atoms with E-state index in [2.05, 4.69) is 15.3 Å². The largest absolute Gasteiger partial charge is 0.478 e. The summed E-state index contributed by atoms with van der Waals surface area (Å²) in [6, 6.07) is 0. The fourth-order valence-corrected chi connectivity index (χ4v) is 2.31. The predicted octanol–water partition coefficient (Wildman–Crippen LogP) is 4.60. The maximum atomic E-state index is 12.0. The zero-order valence-electron chi connectivity index (χ0n) is 14.0. The highest BCUT2D eigenvalue weighted by atomic mass is 16.6. The number of azide groups is 1. The Kier molecular flexibility index (Phi) is 5.24. The van der Waals surface area contributed by atoms with E-state index in [9.17, 15) is 14.7 Å². The summed E-state index contributed by atoms with van der Waals surface area (Å²) in [5, 5.41) is 15.5. The zero-order valence-corrected chi connectivity index (χ0v) is 14.0. The van der Waals surface area contributed by atoms with Crippen LogP contribution in [0.15, 0.2) is 5.11 Å². The van der Waals surface area contributed by atoms with Gasteiger partial charge in [0, 0.05) is 10.6 Å². The fraction of sp³-hybridized carbons (Fsp3) is 0.467. The smallest absolute Gasteiger partial charge is 0.412 e. The molecule has 0 unspecified atom stereocenters. The Balaban J connectivity index is 3.50. The van der Waals surface area contributed by atoms with Gasteiger partial charge in [-0.05, 0) is 63.8 Å². The number of hydrogen-bond donors (Lipinski definition) is 2. The summed E-state index contributed by atoms with van der Waals surface area (Å²) in [6.07, 6.45) is -0.712. The molecule has 1 amide bonds. The van der Waals surface area contributed by atoms with Crippen LogP contribution in [-0.4, -0.2) is 22.8 Å². The van der Waals surface area contributed by atoms with Crippen molar-refractivity contribution in [2.24, 2.45) is 5.11 Å². The van der Waals surface area contributed by atoms with Gasteiger partial charge in [-0.15, -0.1) is 0 Å². The third-order valence-corrected chi connectivity index (χ3v) is 3.19. The summed E-state index contributed by atoms with van der Waals surface area (Å²) in [7, 11) is 0. The highest BCUT2D eigenvalue weighted by molar-refractivity contribution is 5.98. The third-order valence-electron chi connectivity index (χ3n) is 3.19. The number of benzene rings is 1. The topological polar surface area (TPSA) is 124 Å². The lowest BCUT2D eigenvalue weighted by Gasteiger charge is -2.22. The molecular formula is C15H20N4O4. The molecule has 0 radical (unpaired) electrons. The van der Waals surface area contributed by atoms with Gasteiger partial charge in [-0.1, -0.05) is 5.11 Å². The molecule has 0 aliphatic heterocycles. The molecule has 0 aliphatic carbocycles. The van der Waals surface area contributed by atoms with E-state index in [1.54, 1.807) is 41.5 Å². The normalized spacial score (nSPS) is 10.7. The fourth-order valence-electron chi connectivity index (χ4n) is 2.31. The van der Waals surface area contributed by atoms with E-state index in [-0.39, 0.29) is 16.9 Å². The summed E-state index contributed by atoms with van der Waals surface area (Å²) < 4.78 is 5.18. The summed E-state index contributed by atoms with van der Waals surface area (Å²) in [5.74, 6) is -1.17. The van der Waals surface area contributed by atoms with E-state index >= 15 is 0 Å². The molecule has 8 heteroatoms. The van der Waals surface area contributed by atoms with E-state index in [0.29, 0.717) is 16.7 Å². The molecule has 0 saturated carbocycles. The lowest BCUT2D eigenvalue weighted by Crippen LogP contribution is -2.28. The second-order valence-corrected chi connectivity index (χ2v) is 6.10. The molecule has 0 bridgehead atoms. The number of carbonyl (C=O) groups is 2. The van der Waals surface area contributed by atoms with Crippen molar-refractivity contribution in [1.29, 1.82) is 0 Å². The first kappa shape index (κ1) is 18.3. The van der Waals surface area contributed by atoms with Gasteiger partial charge in [0.2, 0.25) is 0 Å². The quantitative estimate of drug-likeness (QED) is 0.479. The van der Waals surface area contributed by atoms with Gasteiger partial charge < -0.3 is 9.84 Å². The summed E-state index contributed by atoms with van der Waals surface area (Å²) in [6.45, 7) is 9.93. The van der Waals surface area contributed by atoms with Gasteiger partial charge in [-0.3, -0.25) is 5.32 Å². The van der Waals surface area contributed by atoms with E-state index < -0.39 is 17.7 Å². The van der Waals surface area contributed by atoms with Crippen LogP contribution in [0.2, 0.25) is 0 Å². The summed E-state index contributed by atoms with van der Waals surface area (Å²) in [4.78, 5) is 26.2. The third kappa shape index (κ3) is 4.14. The van der Waals surface area contributed by atoms with E-state index in [1.807, 2.05) is 0 Å². The van der Waals surface area contributed by atoms with Crippen molar-refractivity contribution >= 4 is 23.4 Å². The van der Waals surface area contributed by atoms with Crippen LogP contribution in [0.4, 0.5) is 16.2 Å². The molecule has 2 N–H and O–H groups in total. The van der Waals surface area contributed by atoms with Gasteiger partial charge in [0.15, 0.2) is 0 Å². The van der Waals surface area contributed by atoms with Crippen molar-refractivity contribution in [1.82, 2.24) is 0 Å². The number of rotatable bonds is 3. The van der Waals surface area contributed by atoms with E-state index in [0.717, 1.165) is 0 Å². The van der Waals surface area contributed by atoms with Crippen LogP contribution in [0.5, 0.6) is 0 Å². The minimum Gasteiger partial charge on any atom is -0.478 e. The molecule has 0 saturated heterocycles. The Morgan fingerprint density at radius 3 is 2.17 bits per heavy atom. The highest BCUT2D eigenvalue weighted by Crippen LogP contribution is 2.37. The number of carboxylic acids is 1. The van der Waals surface area contributed by atoms with Crippen molar-refractivity contribution in [2.45, 2.75) is 47.1 Å². The van der Waals surface area contributed by atoms with Crippen LogP contribution in [-0.2, 0) is 4.74 Å². The van der Waals surface area contributed by atoms with Crippen LogP contribution in [0.25, 0.3) is 10.4 Å². The molecule has 0 aliphatic rings. The first-order valence-corrected chi connectivity index (χ1v) is 6.91. The summed E-state index contributed by atoms with van der Waals surface area (Å²) >= 11 is 0. The molecule has 0 spiro atoms. The minimum atomic E-state index is -1.17. The predicted molar refractivity (Wildman–Crippen MR) is 86.3 cm³/mol. The van der Waals surface area contributed by atoms with Crippen molar-refractivity contribution in [3.05, 3.63) is 32.7 Å². The first-order valence-electron chi connectivity index (χ1n) is 6.91. The standard InChI is InChI=1S/C15H20N4O4/c1-7-10(13(20)21)8(2)12(18-19-16)9(3)11(7)17-14(22)23-15(4,5)6/h1-6H3,(H,17,22)(H,20,21). The van der Waals surface area contributed by atoms with Crippen molar-refractivity contribution in [2.75, 3.05) is 5.32 Å². The molecule has 0 heterocycles. The zero-order chi connectivity index (χ0) is 17.9. The lowest BCUT2D eigenvalue weighted by atomic mass is 9.95. The van der Waals surface area contributed by atoms with Crippen molar-refractivity contribution < 1.29 is 19.4 Å². The molecule has 1 rings (SSSR count). The van der Waals surface area contributed by atoms with Gasteiger partial charge in [0.05, 0.1) is 11.3 Å². The lowest BCUT2D eigenvalue weighted by molar-refractivity contribution is 0.0632. The van der Waals surface area contributed by atoms with Gasteiger partial charge in [0.25, 0.3) is 0 Å². The maximum Gasteiger partial charge on any atom is 0.412 e. The number of nitrogens with zero attached hydrogens (tertiary/aromatic N) is 3. The van der Waals surface area contributed by atoms with Crippen molar-refractivity contribution in [3.63, 3.8) is 0 Å². The number of hydrogen-bond acceptors (Lipinski definition) is 4. The second-order valence-electron chi connectivity index (χ2n) is 6.10. The highest BCUT2D eigenvalue weighted by Gasteiger charge is 2.23. The molecule has 1 aromatic carbocycles. The van der Waals surface area contributed by atoms with Gasteiger partial charge >= 0.3 is 12.1 Å². The average Bonchev–Trinajstić information content (AvgIpc) is 2.37.